The Labute approximate surface area is 62.1 Å². The van der Waals surface area contributed by atoms with Gasteiger partial charge in [-0.15, -0.1) is 0 Å². The molecule has 1 aliphatic rings. The van der Waals surface area contributed by atoms with Crippen LogP contribution in [-0.4, -0.2) is 23.6 Å². The van der Waals surface area contributed by atoms with Crippen LogP contribution in [0.2, 0.25) is 0 Å². The van der Waals surface area contributed by atoms with Gasteiger partial charge in [-0.25, -0.2) is 0 Å². The second kappa shape index (κ2) is 2.99. The topological polar surface area (TPSA) is 28.0 Å². The van der Waals surface area contributed by atoms with Crippen LogP contribution in [0.1, 0.15) is 27.2 Å². The van der Waals surface area contributed by atoms with Crippen LogP contribution >= 0.6 is 0 Å². The molecule has 58 valence electrons. The molecule has 0 radical (unpaired) electrons. The summed E-state index contributed by atoms with van der Waals surface area (Å²) in [4.78, 5) is 0. The average Bonchev–Trinajstić information content (AvgIpc) is 2.34. The zero-order chi connectivity index (χ0) is 7.56. The van der Waals surface area contributed by atoms with Gasteiger partial charge in [0, 0.05) is 6.04 Å². The van der Waals surface area contributed by atoms with Crippen molar-refractivity contribution in [1.29, 1.82) is 0 Å². The van der Waals surface area contributed by atoms with E-state index in [0.717, 1.165) is 13.0 Å². The molecule has 0 aliphatic carbocycles. The van der Waals surface area contributed by atoms with E-state index in [1.165, 1.54) is 0 Å². The molecule has 0 aromatic heterocycles. The third kappa shape index (κ3) is 1.46. The van der Waals surface area contributed by atoms with Crippen molar-refractivity contribution in [1.82, 2.24) is 5.01 Å². The van der Waals surface area contributed by atoms with Gasteiger partial charge < -0.3 is 0 Å². The van der Waals surface area contributed by atoms with Gasteiger partial charge in [-0.2, -0.15) is 5.11 Å². The molecule has 0 aromatic rings. The van der Waals surface area contributed by atoms with E-state index in [1.807, 2.05) is 0 Å². The quantitative estimate of drug-likeness (QED) is 0.576. The molecule has 0 saturated heterocycles. The Morgan fingerprint density at radius 3 is 2.80 bits per heavy atom. The van der Waals surface area contributed by atoms with Crippen molar-refractivity contribution in [3.05, 3.63) is 0 Å². The van der Waals surface area contributed by atoms with Crippen molar-refractivity contribution < 1.29 is 0 Å². The number of hydrogen-bond acceptors (Lipinski definition) is 3. The predicted octanol–water partition coefficient (Wildman–Crippen LogP) is 1.86. The lowest BCUT2D eigenvalue weighted by atomic mass is 10.2. The van der Waals surface area contributed by atoms with E-state index >= 15 is 0 Å². The van der Waals surface area contributed by atoms with Crippen LogP contribution in [0, 0.1) is 0 Å². The summed E-state index contributed by atoms with van der Waals surface area (Å²) in [5.74, 6) is 0. The summed E-state index contributed by atoms with van der Waals surface area (Å²) in [6, 6.07) is 0.947. The van der Waals surface area contributed by atoms with Crippen LogP contribution in [0.25, 0.3) is 0 Å². The third-order valence-electron chi connectivity index (χ3n) is 1.91. The molecule has 1 rings (SSSR count). The standard InChI is InChI=1S/C7H15N3/c1-4-7(3)10-5-6(2)8-9-10/h6-7H,4-5H2,1-3H3. The maximum atomic E-state index is 4.05. The van der Waals surface area contributed by atoms with Gasteiger partial charge in [0.05, 0.1) is 12.6 Å². The van der Waals surface area contributed by atoms with Crippen molar-refractivity contribution >= 4 is 0 Å². The maximum absolute atomic E-state index is 4.05. The van der Waals surface area contributed by atoms with E-state index in [4.69, 9.17) is 0 Å². The van der Waals surface area contributed by atoms with Gasteiger partial charge in [0.1, 0.15) is 0 Å². The fraction of sp³-hybridized carbons (Fsp3) is 1.00. The Kier molecular flexibility index (Phi) is 2.25. The fourth-order valence-electron chi connectivity index (χ4n) is 0.977. The van der Waals surface area contributed by atoms with Gasteiger partial charge in [0.25, 0.3) is 0 Å². The van der Waals surface area contributed by atoms with Crippen LogP contribution in [-0.2, 0) is 0 Å². The third-order valence-corrected chi connectivity index (χ3v) is 1.91. The number of nitrogens with zero attached hydrogens (tertiary/aromatic N) is 3. The first-order valence-electron chi connectivity index (χ1n) is 3.91. The molecule has 0 aromatic carbocycles. The molecule has 10 heavy (non-hydrogen) atoms. The first-order chi connectivity index (χ1) is 4.74. The molecule has 2 unspecified atom stereocenters. The molecular weight excluding hydrogens is 126 g/mol. The summed E-state index contributed by atoms with van der Waals surface area (Å²) in [6.07, 6.45) is 1.14. The fourth-order valence-corrected chi connectivity index (χ4v) is 0.977. The Morgan fingerprint density at radius 1 is 1.70 bits per heavy atom. The van der Waals surface area contributed by atoms with Crippen LogP contribution < -0.4 is 0 Å². The Balaban J connectivity index is 2.38. The SMILES string of the molecule is CCC(C)N1CC(C)N=N1. The maximum Gasteiger partial charge on any atom is 0.0893 e. The van der Waals surface area contributed by atoms with Gasteiger partial charge in [0.15, 0.2) is 0 Å². The van der Waals surface area contributed by atoms with Gasteiger partial charge in [-0.1, -0.05) is 12.1 Å². The molecule has 1 heterocycles. The van der Waals surface area contributed by atoms with Crippen LogP contribution in [0.15, 0.2) is 10.3 Å². The van der Waals surface area contributed by atoms with E-state index in [9.17, 15) is 0 Å². The normalized spacial score (nSPS) is 27.5. The summed E-state index contributed by atoms with van der Waals surface area (Å²) < 4.78 is 0. The average molecular weight is 141 g/mol. The molecule has 0 saturated carbocycles. The highest BCUT2D eigenvalue weighted by molar-refractivity contribution is 4.71. The number of hydrogen-bond donors (Lipinski definition) is 0. The van der Waals surface area contributed by atoms with Crippen molar-refractivity contribution in [3.8, 4) is 0 Å². The van der Waals surface area contributed by atoms with E-state index < -0.39 is 0 Å². The lowest BCUT2D eigenvalue weighted by Crippen LogP contribution is -2.28. The predicted molar refractivity (Wildman–Crippen MR) is 40.8 cm³/mol. The summed E-state index contributed by atoms with van der Waals surface area (Å²) in [7, 11) is 0. The van der Waals surface area contributed by atoms with Crippen molar-refractivity contribution in [3.63, 3.8) is 0 Å². The van der Waals surface area contributed by atoms with Crippen LogP contribution in [0.5, 0.6) is 0 Å². The van der Waals surface area contributed by atoms with E-state index in [-0.39, 0.29) is 0 Å². The van der Waals surface area contributed by atoms with Crippen LogP contribution in [0.4, 0.5) is 0 Å². The van der Waals surface area contributed by atoms with E-state index in [2.05, 4.69) is 36.1 Å². The second-order valence-electron chi connectivity index (χ2n) is 2.93. The molecule has 0 amide bonds. The molecule has 0 bridgehead atoms. The molecule has 3 heteroatoms. The van der Waals surface area contributed by atoms with Crippen molar-refractivity contribution in [2.45, 2.75) is 39.3 Å². The smallest absolute Gasteiger partial charge is 0.0893 e. The summed E-state index contributed by atoms with van der Waals surface area (Å²) in [5.41, 5.74) is 0. The van der Waals surface area contributed by atoms with Gasteiger partial charge in [0.2, 0.25) is 0 Å². The first kappa shape index (κ1) is 7.51. The minimum atomic E-state index is 0.397. The zero-order valence-electron chi connectivity index (χ0n) is 6.91. The highest BCUT2D eigenvalue weighted by atomic mass is 15.6. The largest absolute Gasteiger partial charge is 0.274 e. The molecule has 2 atom stereocenters. The molecule has 0 spiro atoms. The monoisotopic (exact) mass is 141 g/mol. The zero-order valence-corrected chi connectivity index (χ0v) is 6.91. The Hall–Kier alpha value is -0.600. The van der Waals surface area contributed by atoms with Crippen molar-refractivity contribution in [2.24, 2.45) is 10.3 Å². The minimum Gasteiger partial charge on any atom is -0.274 e. The van der Waals surface area contributed by atoms with Crippen LogP contribution in [0.3, 0.4) is 0 Å². The summed E-state index contributed by atoms with van der Waals surface area (Å²) >= 11 is 0. The van der Waals surface area contributed by atoms with Gasteiger partial charge in [-0.3, -0.25) is 5.01 Å². The van der Waals surface area contributed by atoms with Gasteiger partial charge >= 0.3 is 0 Å². The molecule has 3 nitrogen and oxygen atoms in total. The van der Waals surface area contributed by atoms with E-state index in [0.29, 0.717) is 12.1 Å². The summed E-state index contributed by atoms with van der Waals surface area (Å²) in [6.45, 7) is 7.43. The lowest BCUT2D eigenvalue weighted by Gasteiger charge is -2.19. The van der Waals surface area contributed by atoms with Crippen molar-refractivity contribution in [2.75, 3.05) is 6.54 Å². The lowest BCUT2D eigenvalue weighted by molar-refractivity contribution is 0.230. The number of rotatable bonds is 2. The minimum absolute atomic E-state index is 0.397. The molecule has 0 N–H and O–H groups in total. The molecule has 1 aliphatic heterocycles. The Bertz CT molecular complexity index is 133. The Morgan fingerprint density at radius 2 is 2.40 bits per heavy atom. The first-order valence-corrected chi connectivity index (χ1v) is 3.91. The van der Waals surface area contributed by atoms with Gasteiger partial charge in [-0.05, 0) is 20.3 Å². The molecular formula is C7H15N3. The second-order valence-corrected chi connectivity index (χ2v) is 2.93. The summed E-state index contributed by atoms with van der Waals surface area (Å²) in [5, 5.41) is 10.1. The highest BCUT2D eigenvalue weighted by Crippen LogP contribution is 2.12. The highest BCUT2D eigenvalue weighted by Gasteiger charge is 2.18. The molecule has 0 fully saturated rings. The van der Waals surface area contributed by atoms with E-state index in [1.54, 1.807) is 0 Å².